The van der Waals surface area contributed by atoms with Crippen LogP contribution in [0.1, 0.15) is 43.5 Å². The molecule has 3 aliphatic rings. The first kappa shape index (κ1) is 12.3. The third kappa shape index (κ3) is 1.79. The van der Waals surface area contributed by atoms with Gasteiger partial charge in [0, 0.05) is 24.4 Å². The lowest BCUT2D eigenvalue weighted by Gasteiger charge is -2.58. The van der Waals surface area contributed by atoms with Crippen molar-refractivity contribution in [3.8, 4) is 0 Å². The molecule has 5 rings (SSSR count). The summed E-state index contributed by atoms with van der Waals surface area (Å²) in [5.74, 6) is 1.62. The maximum Gasteiger partial charge on any atom is 0.346 e. The van der Waals surface area contributed by atoms with Crippen LogP contribution in [0.25, 0.3) is 0 Å². The van der Waals surface area contributed by atoms with E-state index in [4.69, 9.17) is 0 Å². The van der Waals surface area contributed by atoms with Crippen LogP contribution >= 0.6 is 0 Å². The highest BCUT2D eigenvalue weighted by Crippen LogP contribution is 2.54. The lowest BCUT2D eigenvalue weighted by molar-refractivity contribution is -0.0684. The first-order valence-corrected chi connectivity index (χ1v) is 7.77. The number of carbonyl (C=O) groups is 1. The number of nitrogens with zero attached hydrogens (tertiary/aromatic N) is 7. The Morgan fingerprint density at radius 1 is 1.23 bits per heavy atom. The summed E-state index contributed by atoms with van der Waals surface area (Å²) in [6, 6.07) is 0.368. The molecule has 1 saturated heterocycles. The van der Waals surface area contributed by atoms with E-state index in [0.29, 0.717) is 12.0 Å². The van der Waals surface area contributed by atoms with Gasteiger partial charge in [0.15, 0.2) is 5.82 Å². The molecule has 8 heteroatoms. The highest BCUT2D eigenvalue weighted by Gasteiger charge is 2.55. The SMILES string of the molecule is O=C(N1CC2(CC(n3cnc(C4CC4)n3)C2)C1)n1cncn1. The van der Waals surface area contributed by atoms with Crippen molar-refractivity contribution < 1.29 is 4.79 Å². The first-order chi connectivity index (χ1) is 10.7. The molecule has 2 aromatic rings. The van der Waals surface area contributed by atoms with Gasteiger partial charge >= 0.3 is 6.03 Å². The van der Waals surface area contributed by atoms with E-state index in [1.165, 1.54) is 30.2 Å². The van der Waals surface area contributed by atoms with Gasteiger partial charge in [-0.05, 0) is 25.7 Å². The van der Waals surface area contributed by atoms with E-state index >= 15 is 0 Å². The maximum atomic E-state index is 12.1. The number of hydrogen-bond donors (Lipinski definition) is 0. The summed E-state index contributed by atoms with van der Waals surface area (Å²) in [7, 11) is 0. The van der Waals surface area contributed by atoms with Gasteiger partial charge < -0.3 is 4.90 Å². The van der Waals surface area contributed by atoms with Crippen LogP contribution in [-0.2, 0) is 0 Å². The van der Waals surface area contributed by atoms with E-state index in [1.54, 1.807) is 0 Å². The topological polar surface area (TPSA) is 81.7 Å². The monoisotopic (exact) mass is 299 g/mol. The van der Waals surface area contributed by atoms with Crippen LogP contribution < -0.4 is 0 Å². The van der Waals surface area contributed by atoms with Gasteiger partial charge in [-0.2, -0.15) is 14.9 Å². The zero-order valence-corrected chi connectivity index (χ0v) is 12.2. The third-order valence-corrected chi connectivity index (χ3v) is 5.12. The molecule has 3 heterocycles. The lowest BCUT2D eigenvalue weighted by Crippen LogP contribution is -2.64. The van der Waals surface area contributed by atoms with Gasteiger partial charge in [-0.3, -0.25) is 0 Å². The maximum absolute atomic E-state index is 12.1. The molecule has 2 aliphatic carbocycles. The number of hydrogen-bond acceptors (Lipinski definition) is 5. The molecule has 1 spiro atoms. The zero-order valence-electron chi connectivity index (χ0n) is 12.2. The van der Waals surface area contributed by atoms with Crippen molar-refractivity contribution in [3.63, 3.8) is 0 Å². The average molecular weight is 299 g/mol. The van der Waals surface area contributed by atoms with Crippen molar-refractivity contribution in [2.75, 3.05) is 13.1 Å². The Labute approximate surface area is 127 Å². The van der Waals surface area contributed by atoms with E-state index in [1.807, 2.05) is 15.9 Å². The van der Waals surface area contributed by atoms with E-state index in [-0.39, 0.29) is 11.4 Å². The fourth-order valence-corrected chi connectivity index (χ4v) is 3.73. The molecule has 0 radical (unpaired) electrons. The molecule has 8 nitrogen and oxygen atoms in total. The highest BCUT2D eigenvalue weighted by molar-refractivity contribution is 5.76. The molecule has 114 valence electrons. The molecule has 1 amide bonds. The first-order valence-electron chi connectivity index (χ1n) is 7.77. The van der Waals surface area contributed by atoms with Crippen molar-refractivity contribution in [2.45, 2.75) is 37.6 Å². The summed E-state index contributed by atoms with van der Waals surface area (Å²) in [4.78, 5) is 22.2. The fraction of sp³-hybridized carbons (Fsp3) is 0.643. The van der Waals surface area contributed by atoms with Gasteiger partial charge in [-0.25, -0.2) is 19.4 Å². The molecule has 0 bridgehead atoms. The minimum absolute atomic E-state index is 0.0802. The van der Waals surface area contributed by atoms with Crippen molar-refractivity contribution in [1.82, 2.24) is 34.4 Å². The molecule has 0 unspecified atom stereocenters. The van der Waals surface area contributed by atoms with Crippen molar-refractivity contribution >= 4 is 6.03 Å². The van der Waals surface area contributed by atoms with Crippen LogP contribution in [0.2, 0.25) is 0 Å². The summed E-state index contributed by atoms with van der Waals surface area (Å²) >= 11 is 0. The van der Waals surface area contributed by atoms with Gasteiger partial charge in [0.05, 0.1) is 6.04 Å². The molecule has 3 fully saturated rings. The number of likely N-dealkylation sites (tertiary alicyclic amines) is 1. The Morgan fingerprint density at radius 2 is 2.05 bits per heavy atom. The van der Waals surface area contributed by atoms with Crippen LogP contribution in [0.3, 0.4) is 0 Å². The van der Waals surface area contributed by atoms with Crippen LogP contribution in [0.5, 0.6) is 0 Å². The van der Waals surface area contributed by atoms with Crippen molar-refractivity contribution in [1.29, 1.82) is 0 Å². The normalized spacial score (nSPS) is 23.4. The van der Waals surface area contributed by atoms with Gasteiger partial charge in [-0.1, -0.05) is 0 Å². The summed E-state index contributed by atoms with van der Waals surface area (Å²) < 4.78 is 3.32. The average Bonchev–Trinajstić information content (AvgIpc) is 2.96. The van der Waals surface area contributed by atoms with Gasteiger partial charge in [0.25, 0.3) is 0 Å². The Bertz CT molecular complexity index is 703. The quantitative estimate of drug-likeness (QED) is 0.828. The van der Waals surface area contributed by atoms with Crippen LogP contribution in [0.15, 0.2) is 19.0 Å². The number of amides is 1. The van der Waals surface area contributed by atoms with Gasteiger partial charge in [0.2, 0.25) is 0 Å². The van der Waals surface area contributed by atoms with Crippen molar-refractivity contribution in [3.05, 3.63) is 24.8 Å². The van der Waals surface area contributed by atoms with Crippen LogP contribution in [0, 0.1) is 5.41 Å². The summed E-state index contributed by atoms with van der Waals surface area (Å²) in [6.07, 6.45) is 9.35. The van der Waals surface area contributed by atoms with Crippen LogP contribution in [0.4, 0.5) is 4.79 Å². The van der Waals surface area contributed by atoms with E-state index in [2.05, 4.69) is 20.2 Å². The Kier molecular flexibility index (Phi) is 2.32. The molecule has 2 saturated carbocycles. The Morgan fingerprint density at radius 3 is 2.73 bits per heavy atom. The fourth-order valence-electron chi connectivity index (χ4n) is 3.73. The smallest absolute Gasteiger partial charge is 0.322 e. The predicted octanol–water partition coefficient (Wildman–Crippen LogP) is 1.05. The molecular formula is C14H17N7O. The van der Waals surface area contributed by atoms with E-state index < -0.39 is 0 Å². The van der Waals surface area contributed by atoms with Crippen molar-refractivity contribution in [2.24, 2.45) is 5.41 Å². The largest absolute Gasteiger partial charge is 0.346 e. The number of rotatable bonds is 2. The molecule has 0 aromatic carbocycles. The van der Waals surface area contributed by atoms with E-state index in [9.17, 15) is 4.79 Å². The molecular weight excluding hydrogens is 282 g/mol. The second-order valence-electron chi connectivity index (χ2n) is 6.90. The zero-order chi connectivity index (χ0) is 14.7. The Balaban J connectivity index is 1.19. The minimum Gasteiger partial charge on any atom is -0.322 e. The van der Waals surface area contributed by atoms with Gasteiger partial charge in [0.1, 0.15) is 19.0 Å². The number of carbonyl (C=O) groups excluding carboxylic acids is 1. The summed E-state index contributed by atoms with van der Waals surface area (Å²) in [5.41, 5.74) is 0.284. The van der Waals surface area contributed by atoms with Gasteiger partial charge in [-0.15, -0.1) is 0 Å². The second kappa shape index (κ2) is 4.15. The van der Waals surface area contributed by atoms with Crippen LogP contribution in [-0.4, -0.2) is 53.5 Å². The number of aromatic nitrogens is 6. The molecule has 0 atom stereocenters. The highest BCUT2D eigenvalue weighted by atomic mass is 16.2. The molecule has 22 heavy (non-hydrogen) atoms. The Hall–Kier alpha value is -2.25. The predicted molar refractivity (Wildman–Crippen MR) is 75.1 cm³/mol. The lowest BCUT2D eigenvalue weighted by atomic mass is 9.61. The summed E-state index contributed by atoms with van der Waals surface area (Å²) in [5, 5.41) is 8.51. The molecule has 2 aromatic heterocycles. The molecule has 0 N–H and O–H groups in total. The standard InChI is InChI=1S/C14H17N7O/c22-13(21-8-15-7-17-21)19-5-14(6-19)3-11(4-14)20-9-16-12(18-20)10-1-2-10/h7-11H,1-6H2. The second-order valence-corrected chi connectivity index (χ2v) is 6.90. The van der Waals surface area contributed by atoms with E-state index in [0.717, 1.165) is 31.8 Å². The minimum atomic E-state index is -0.0802. The third-order valence-electron chi connectivity index (χ3n) is 5.12. The molecule has 1 aliphatic heterocycles. The summed E-state index contributed by atoms with van der Waals surface area (Å²) in [6.45, 7) is 1.62.